The van der Waals surface area contributed by atoms with E-state index in [2.05, 4.69) is 41.8 Å². The maximum atomic E-state index is 10.7. The molecule has 0 saturated heterocycles. The van der Waals surface area contributed by atoms with Crippen molar-refractivity contribution in [3.05, 3.63) is 5.82 Å². The Kier molecular flexibility index (Phi) is 6.71. The first kappa shape index (κ1) is 16.4. The molecule has 0 aromatic carbocycles. The fourth-order valence-corrected chi connectivity index (χ4v) is 3.32. The van der Waals surface area contributed by atoms with Crippen LogP contribution in [-0.2, 0) is 4.79 Å². The van der Waals surface area contributed by atoms with E-state index in [1.165, 1.54) is 11.8 Å². The number of hydrogen-bond acceptors (Lipinski definition) is 5. The van der Waals surface area contributed by atoms with Gasteiger partial charge in [0.15, 0.2) is 5.16 Å². The minimum atomic E-state index is -0.830. The van der Waals surface area contributed by atoms with Crippen LogP contribution < -0.4 is 0 Å². The molecule has 0 saturated carbocycles. The highest BCUT2D eigenvalue weighted by Crippen LogP contribution is 2.28. The van der Waals surface area contributed by atoms with E-state index in [0.29, 0.717) is 11.2 Å². The number of carboxylic acids is 1. The Morgan fingerprint density at radius 2 is 2.11 bits per heavy atom. The average molecular weight is 303 g/mol. The van der Waals surface area contributed by atoms with Gasteiger partial charge in [-0.15, -0.1) is 10.2 Å². The first-order valence-electron chi connectivity index (χ1n) is 6.29. The Morgan fingerprint density at radius 3 is 2.58 bits per heavy atom. The van der Waals surface area contributed by atoms with Crippen LogP contribution in [0.2, 0.25) is 0 Å². The smallest absolute Gasteiger partial charge is 0.313 e. The van der Waals surface area contributed by atoms with E-state index in [1.54, 1.807) is 11.8 Å². The van der Waals surface area contributed by atoms with Gasteiger partial charge in [0.1, 0.15) is 5.82 Å². The average Bonchev–Trinajstić information content (AvgIpc) is 2.77. The molecule has 19 heavy (non-hydrogen) atoms. The minimum Gasteiger partial charge on any atom is -0.481 e. The minimum absolute atomic E-state index is 0.0198. The molecule has 0 fully saturated rings. The molecule has 1 aromatic heterocycles. The first-order chi connectivity index (χ1) is 9.01. The van der Waals surface area contributed by atoms with Crippen molar-refractivity contribution in [2.75, 3.05) is 17.8 Å². The van der Waals surface area contributed by atoms with Crippen LogP contribution in [0, 0.1) is 0 Å². The van der Waals surface area contributed by atoms with Gasteiger partial charge in [-0.1, -0.05) is 32.5 Å². The predicted octanol–water partition coefficient (Wildman–Crippen LogP) is 2.89. The molecule has 1 heterocycles. The van der Waals surface area contributed by atoms with Gasteiger partial charge >= 0.3 is 5.97 Å². The molecule has 5 nitrogen and oxygen atoms in total. The SMILES string of the molecule is CCC(CSC)n1c(SCC(=O)O)nnc1C(C)C. The summed E-state index contributed by atoms with van der Waals surface area (Å²) in [7, 11) is 0. The molecule has 0 spiro atoms. The van der Waals surface area contributed by atoms with Crippen LogP contribution in [0.15, 0.2) is 5.16 Å². The highest BCUT2D eigenvalue weighted by Gasteiger charge is 2.21. The Hall–Kier alpha value is -0.690. The van der Waals surface area contributed by atoms with Crippen LogP contribution >= 0.6 is 23.5 Å². The van der Waals surface area contributed by atoms with E-state index in [-0.39, 0.29) is 11.7 Å². The quantitative estimate of drug-likeness (QED) is 0.745. The van der Waals surface area contributed by atoms with E-state index in [4.69, 9.17) is 5.11 Å². The summed E-state index contributed by atoms with van der Waals surface area (Å²) in [5, 5.41) is 17.9. The second-order valence-electron chi connectivity index (χ2n) is 4.57. The van der Waals surface area contributed by atoms with Crippen molar-refractivity contribution < 1.29 is 9.90 Å². The van der Waals surface area contributed by atoms with E-state index in [9.17, 15) is 4.79 Å². The molecular formula is C12H21N3O2S2. The third-order valence-electron chi connectivity index (χ3n) is 2.73. The lowest BCUT2D eigenvalue weighted by Gasteiger charge is -2.20. The second-order valence-corrected chi connectivity index (χ2v) is 6.42. The number of carboxylic acid groups (broad SMARTS) is 1. The standard InChI is InChI=1S/C12H21N3O2S2/c1-5-9(6-18-4)15-11(8(2)3)13-14-12(15)19-7-10(16)17/h8-9H,5-7H2,1-4H3,(H,16,17). The third kappa shape index (κ3) is 4.42. The number of aliphatic carboxylic acids is 1. The molecule has 0 amide bonds. The van der Waals surface area contributed by atoms with Crippen LogP contribution in [0.4, 0.5) is 0 Å². The molecule has 108 valence electrons. The third-order valence-corrected chi connectivity index (χ3v) is 4.37. The van der Waals surface area contributed by atoms with Gasteiger partial charge in [0.25, 0.3) is 0 Å². The van der Waals surface area contributed by atoms with Crippen molar-refractivity contribution in [3.8, 4) is 0 Å². The largest absolute Gasteiger partial charge is 0.481 e. The molecule has 0 aliphatic rings. The number of hydrogen-bond donors (Lipinski definition) is 1. The monoisotopic (exact) mass is 303 g/mol. The summed E-state index contributed by atoms with van der Waals surface area (Å²) >= 11 is 3.03. The normalized spacial score (nSPS) is 12.9. The van der Waals surface area contributed by atoms with E-state index in [1.807, 2.05) is 0 Å². The first-order valence-corrected chi connectivity index (χ1v) is 8.67. The van der Waals surface area contributed by atoms with Crippen molar-refractivity contribution in [1.82, 2.24) is 14.8 Å². The Balaban J connectivity index is 3.06. The van der Waals surface area contributed by atoms with Gasteiger partial charge in [-0.25, -0.2) is 0 Å². The lowest BCUT2D eigenvalue weighted by atomic mass is 10.2. The predicted molar refractivity (Wildman–Crippen MR) is 80.2 cm³/mol. The summed E-state index contributed by atoms with van der Waals surface area (Å²) in [5.41, 5.74) is 0. The van der Waals surface area contributed by atoms with E-state index >= 15 is 0 Å². The molecule has 1 unspecified atom stereocenters. The van der Waals surface area contributed by atoms with Crippen LogP contribution in [0.25, 0.3) is 0 Å². The summed E-state index contributed by atoms with van der Waals surface area (Å²) in [6.45, 7) is 6.30. The van der Waals surface area contributed by atoms with Gasteiger partial charge in [-0.05, 0) is 12.7 Å². The molecule has 7 heteroatoms. The van der Waals surface area contributed by atoms with Crippen molar-refractivity contribution in [2.24, 2.45) is 0 Å². The lowest BCUT2D eigenvalue weighted by Crippen LogP contribution is -2.16. The molecule has 1 aromatic rings. The zero-order chi connectivity index (χ0) is 14.4. The number of thioether (sulfide) groups is 2. The van der Waals surface area contributed by atoms with Crippen molar-refractivity contribution >= 4 is 29.5 Å². The van der Waals surface area contributed by atoms with Gasteiger partial charge in [0.05, 0.1) is 5.75 Å². The number of nitrogens with zero attached hydrogens (tertiary/aromatic N) is 3. The number of rotatable bonds is 8. The van der Waals surface area contributed by atoms with Crippen LogP contribution in [0.1, 0.15) is 45.0 Å². The molecule has 1 N–H and O–H groups in total. The lowest BCUT2D eigenvalue weighted by molar-refractivity contribution is -0.133. The molecule has 1 atom stereocenters. The second kappa shape index (κ2) is 7.79. The number of carbonyl (C=O) groups is 1. The van der Waals surface area contributed by atoms with E-state index in [0.717, 1.165) is 18.0 Å². The topological polar surface area (TPSA) is 68.0 Å². The molecule has 1 rings (SSSR count). The van der Waals surface area contributed by atoms with Crippen LogP contribution in [-0.4, -0.2) is 43.6 Å². The van der Waals surface area contributed by atoms with Gasteiger partial charge in [-0.2, -0.15) is 11.8 Å². The van der Waals surface area contributed by atoms with E-state index < -0.39 is 5.97 Å². The highest BCUT2D eigenvalue weighted by atomic mass is 32.2. The Morgan fingerprint density at radius 1 is 1.42 bits per heavy atom. The summed E-state index contributed by atoms with van der Waals surface area (Å²) in [6.07, 6.45) is 3.06. The van der Waals surface area contributed by atoms with Gasteiger partial charge in [-0.3, -0.25) is 4.79 Å². The van der Waals surface area contributed by atoms with Gasteiger partial charge in [0, 0.05) is 17.7 Å². The summed E-state index contributed by atoms with van der Waals surface area (Å²) in [5.74, 6) is 1.39. The molecule has 0 aliphatic heterocycles. The number of aromatic nitrogens is 3. The van der Waals surface area contributed by atoms with Crippen LogP contribution in [0.5, 0.6) is 0 Å². The Labute approximate surface area is 122 Å². The van der Waals surface area contributed by atoms with Crippen LogP contribution in [0.3, 0.4) is 0 Å². The van der Waals surface area contributed by atoms with Crippen molar-refractivity contribution in [3.63, 3.8) is 0 Å². The van der Waals surface area contributed by atoms with Crippen molar-refractivity contribution in [1.29, 1.82) is 0 Å². The summed E-state index contributed by atoms with van der Waals surface area (Å²) < 4.78 is 2.12. The van der Waals surface area contributed by atoms with Gasteiger partial charge in [0.2, 0.25) is 0 Å². The Bertz CT molecular complexity index is 421. The fourth-order valence-electron chi connectivity index (χ4n) is 1.82. The molecular weight excluding hydrogens is 282 g/mol. The van der Waals surface area contributed by atoms with Crippen molar-refractivity contribution in [2.45, 2.75) is 44.3 Å². The van der Waals surface area contributed by atoms with Gasteiger partial charge < -0.3 is 9.67 Å². The summed E-state index contributed by atoms with van der Waals surface area (Å²) in [4.78, 5) is 10.7. The zero-order valence-corrected chi connectivity index (χ0v) is 13.4. The maximum Gasteiger partial charge on any atom is 0.313 e. The molecule has 0 aliphatic carbocycles. The fraction of sp³-hybridized carbons (Fsp3) is 0.750. The highest BCUT2D eigenvalue weighted by molar-refractivity contribution is 7.99. The zero-order valence-electron chi connectivity index (χ0n) is 11.8. The summed E-state index contributed by atoms with van der Waals surface area (Å²) in [6, 6.07) is 0.318. The molecule has 0 radical (unpaired) electrons. The molecule has 0 bridgehead atoms. The maximum absolute atomic E-state index is 10.7.